The molecule has 0 bridgehead atoms. The van der Waals surface area contributed by atoms with Crippen molar-refractivity contribution < 1.29 is 22.4 Å². The van der Waals surface area contributed by atoms with Crippen molar-refractivity contribution in [2.45, 2.75) is 0 Å². The molecule has 0 aliphatic heterocycles. The molecule has 0 fully saturated rings. The van der Waals surface area contributed by atoms with Gasteiger partial charge in [-0.3, -0.25) is 3.07 Å². The Bertz CT molecular complexity index is 402. The predicted octanol–water partition coefficient (Wildman–Crippen LogP) is 1.89. The molecule has 0 aliphatic rings. The first-order valence-corrected chi connectivity index (χ1v) is 5.86. The van der Waals surface area contributed by atoms with Crippen LogP contribution >= 0.6 is 21.2 Å². The molecule has 0 heterocycles. The molecule has 1 rings (SSSR count). The fourth-order valence-corrected chi connectivity index (χ4v) is 2.12. The van der Waals surface area contributed by atoms with Gasteiger partial charge in [0.1, 0.15) is 0 Å². The number of methoxy groups -OCH3 is 2. The zero-order valence-corrected chi connectivity index (χ0v) is 10.3. The van der Waals surface area contributed by atoms with E-state index in [4.69, 9.17) is 14.6 Å². The van der Waals surface area contributed by atoms with Crippen LogP contribution in [0.15, 0.2) is 12.1 Å². The van der Waals surface area contributed by atoms with Crippen LogP contribution in [0.1, 0.15) is 10.4 Å². The van der Waals surface area contributed by atoms with Gasteiger partial charge in [0.25, 0.3) is 0 Å². The van der Waals surface area contributed by atoms with Gasteiger partial charge in [-0.25, -0.2) is 4.79 Å². The second kappa shape index (κ2) is 5.06. The van der Waals surface area contributed by atoms with Gasteiger partial charge in [0.2, 0.25) is 0 Å². The van der Waals surface area contributed by atoms with Crippen LogP contribution in [-0.2, 0) is 3.07 Å². The molecule has 0 saturated carbocycles. The Balaban J connectivity index is 3.40. The molecule has 1 aromatic rings. The van der Waals surface area contributed by atoms with Crippen LogP contribution in [-0.4, -0.2) is 25.3 Å². The Labute approximate surface area is 96.6 Å². The Morgan fingerprint density at radius 1 is 1.27 bits per heavy atom. The number of carboxylic acid groups (broad SMARTS) is 1. The fraction of sp³-hybridized carbons (Fsp3) is 0.222. The summed E-state index contributed by atoms with van der Waals surface area (Å²) in [6, 6.07) is 2.75. The molecular formula is C9H9IO5. The molecule has 15 heavy (non-hydrogen) atoms. The lowest BCUT2D eigenvalue weighted by atomic mass is 10.2. The van der Waals surface area contributed by atoms with Crippen LogP contribution < -0.4 is 9.47 Å². The summed E-state index contributed by atoms with van der Waals surface area (Å²) in [5, 5.41) is 8.86. The number of ether oxygens (including phenoxy) is 2. The van der Waals surface area contributed by atoms with Gasteiger partial charge >= 0.3 is 5.97 Å². The molecule has 6 heteroatoms. The molecule has 0 spiro atoms. The first kappa shape index (κ1) is 11.9. The van der Waals surface area contributed by atoms with E-state index in [1.54, 1.807) is 0 Å². The first-order chi connectivity index (χ1) is 7.13. The van der Waals surface area contributed by atoms with Crippen LogP contribution in [0, 0.1) is 3.57 Å². The maximum Gasteiger partial charge on any atom is 0.337 e. The van der Waals surface area contributed by atoms with Crippen LogP contribution in [0.5, 0.6) is 11.5 Å². The monoisotopic (exact) mass is 324 g/mol. The third-order valence-electron chi connectivity index (χ3n) is 1.79. The number of carbonyl (C=O) groups is 1. The molecular weight excluding hydrogens is 315 g/mol. The average Bonchev–Trinajstić information content (AvgIpc) is 2.26. The molecule has 0 aromatic heterocycles. The molecule has 82 valence electrons. The van der Waals surface area contributed by atoms with Crippen LogP contribution in [0.4, 0.5) is 0 Å². The van der Waals surface area contributed by atoms with Crippen LogP contribution in [0.25, 0.3) is 0 Å². The third kappa shape index (κ3) is 2.44. The third-order valence-corrected chi connectivity index (χ3v) is 3.15. The van der Waals surface area contributed by atoms with Crippen molar-refractivity contribution in [3.8, 4) is 11.5 Å². The summed E-state index contributed by atoms with van der Waals surface area (Å²) in [5.74, 6) is -0.425. The molecule has 0 unspecified atom stereocenters. The predicted molar refractivity (Wildman–Crippen MR) is 59.9 cm³/mol. The van der Waals surface area contributed by atoms with Gasteiger partial charge in [-0.1, -0.05) is 0 Å². The molecule has 0 amide bonds. The standard InChI is InChI=1S/C9H9IO5/c1-14-7-3-5(9(11)12)6(10-13)4-8(7)15-2/h3-4H,1-2H3,(H,11,12). The maximum atomic E-state index is 10.9. The number of aromatic carboxylic acids is 1. The minimum atomic E-state index is -1.55. The SMILES string of the molecule is COc1cc(I=O)c(C(=O)O)cc1OC. The van der Waals surface area contributed by atoms with E-state index >= 15 is 0 Å². The van der Waals surface area contributed by atoms with Gasteiger partial charge in [0.15, 0.2) is 32.7 Å². The molecule has 5 nitrogen and oxygen atoms in total. The number of carboxylic acids is 1. The van der Waals surface area contributed by atoms with Gasteiger partial charge in [0.05, 0.1) is 23.4 Å². The van der Waals surface area contributed by atoms with Gasteiger partial charge in [0, 0.05) is 6.07 Å². The van der Waals surface area contributed by atoms with Gasteiger partial charge in [-0.15, -0.1) is 0 Å². The number of halogens is 1. The second-order valence-electron chi connectivity index (χ2n) is 2.57. The fourth-order valence-electron chi connectivity index (χ4n) is 1.08. The minimum absolute atomic E-state index is 0.00421. The molecule has 0 atom stereocenters. The summed E-state index contributed by atoms with van der Waals surface area (Å²) >= 11 is -1.55. The van der Waals surface area contributed by atoms with Crippen molar-refractivity contribution in [2.75, 3.05) is 14.2 Å². The van der Waals surface area contributed by atoms with E-state index in [0.717, 1.165) is 0 Å². The number of rotatable bonds is 4. The van der Waals surface area contributed by atoms with Gasteiger partial charge < -0.3 is 14.6 Å². The van der Waals surface area contributed by atoms with Crippen molar-refractivity contribution in [3.63, 3.8) is 0 Å². The van der Waals surface area contributed by atoms with Gasteiger partial charge in [-0.05, 0) is 6.07 Å². The quantitative estimate of drug-likeness (QED) is 0.856. The zero-order valence-electron chi connectivity index (χ0n) is 8.11. The molecule has 1 aromatic carbocycles. The molecule has 1 N–H and O–H groups in total. The lowest BCUT2D eigenvalue weighted by molar-refractivity contribution is 0.0695. The summed E-state index contributed by atoms with van der Waals surface area (Å²) in [6.45, 7) is 0. The summed E-state index contributed by atoms with van der Waals surface area (Å²) in [6.07, 6.45) is 0. The zero-order chi connectivity index (χ0) is 11.4. The summed E-state index contributed by atoms with van der Waals surface area (Å²) in [5.41, 5.74) is -0.00421. The van der Waals surface area contributed by atoms with E-state index in [1.165, 1.54) is 26.4 Å². The van der Waals surface area contributed by atoms with E-state index in [1.807, 2.05) is 0 Å². The summed E-state index contributed by atoms with van der Waals surface area (Å²) in [7, 11) is 2.85. The van der Waals surface area contributed by atoms with Gasteiger partial charge in [-0.2, -0.15) is 0 Å². The van der Waals surface area contributed by atoms with E-state index in [-0.39, 0.29) is 5.56 Å². The second-order valence-corrected chi connectivity index (χ2v) is 4.17. The Hall–Kier alpha value is -1.18. The average molecular weight is 324 g/mol. The maximum absolute atomic E-state index is 10.9. The highest BCUT2D eigenvalue weighted by Crippen LogP contribution is 2.32. The summed E-state index contributed by atoms with van der Waals surface area (Å²) < 4.78 is 21.1. The molecule has 0 saturated heterocycles. The van der Waals surface area contributed by atoms with E-state index in [2.05, 4.69) is 0 Å². The largest absolute Gasteiger partial charge is 0.493 e. The highest BCUT2D eigenvalue weighted by atomic mass is 127. The van der Waals surface area contributed by atoms with Crippen molar-refractivity contribution in [2.24, 2.45) is 0 Å². The molecule has 0 aliphatic carbocycles. The normalized spacial score (nSPS) is 9.73. The van der Waals surface area contributed by atoms with E-state index in [9.17, 15) is 7.86 Å². The first-order valence-electron chi connectivity index (χ1n) is 3.90. The Kier molecular flexibility index (Phi) is 4.01. The molecule has 0 radical (unpaired) electrons. The number of hydrogen-bond acceptors (Lipinski definition) is 4. The summed E-state index contributed by atoms with van der Waals surface area (Å²) in [4.78, 5) is 10.8. The van der Waals surface area contributed by atoms with Crippen molar-refractivity contribution in [1.82, 2.24) is 0 Å². The van der Waals surface area contributed by atoms with Crippen molar-refractivity contribution >= 4 is 27.2 Å². The Morgan fingerprint density at radius 2 is 1.80 bits per heavy atom. The van der Waals surface area contributed by atoms with Crippen molar-refractivity contribution in [1.29, 1.82) is 0 Å². The number of benzene rings is 1. The lowest BCUT2D eigenvalue weighted by Gasteiger charge is -2.09. The highest BCUT2D eigenvalue weighted by molar-refractivity contribution is 14.1. The lowest BCUT2D eigenvalue weighted by Crippen LogP contribution is -2.02. The highest BCUT2D eigenvalue weighted by Gasteiger charge is 2.16. The van der Waals surface area contributed by atoms with Crippen LogP contribution in [0.2, 0.25) is 0 Å². The Morgan fingerprint density at radius 3 is 2.20 bits per heavy atom. The van der Waals surface area contributed by atoms with E-state index in [0.29, 0.717) is 15.1 Å². The van der Waals surface area contributed by atoms with Crippen molar-refractivity contribution in [3.05, 3.63) is 21.3 Å². The number of hydrogen-bond donors (Lipinski definition) is 1. The topological polar surface area (TPSA) is 72.8 Å². The smallest absolute Gasteiger partial charge is 0.337 e. The minimum Gasteiger partial charge on any atom is -0.493 e. The van der Waals surface area contributed by atoms with Crippen LogP contribution in [0.3, 0.4) is 0 Å². The van der Waals surface area contributed by atoms with E-state index < -0.39 is 27.2 Å².